The molecule has 0 bridgehead atoms. The number of carboxylic acids is 1. The van der Waals surface area contributed by atoms with Crippen molar-refractivity contribution in [3.63, 3.8) is 0 Å². The second kappa shape index (κ2) is 12.4. The fourth-order valence-electron chi connectivity index (χ4n) is 2.95. The molecule has 0 heterocycles. The number of aliphatic carboxylic acids is 1. The van der Waals surface area contributed by atoms with E-state index in [0.29, 0.717) is 10.9 Å². The number of carboxylic acid groups (broad SMARTS) is 1. The maximum absolute atomic E-state index is 12.2. The van der Waals surface area contributed by atoms with E-state index in [2.05, 4.69) is 6.92 Å². The largest absolute Gasteiger partial charge is 0.481 e. The van der Waals surface area contributed by atoms with Gasteiger partial charge in [0, 0.05) is 6.42 Å². The van der Waals surface area contributed by atoms with Crippen molar-refractivity contribution < 1.29 is 24.3 Å². The van der Waals surface area contributed by atoms with Gasteiger partial charge in [-0.3, -0.25) is 9.59 Å². The average Bonchev–Trinajstić information content (AvgIpc) is 2.43. The molecule has 2 atom stereocenters. The number of carbonyl (C=O) groups excluding carboxylic acids is 1. The number of aliphatic hydroxyl groups excluding tert-OH is 1. The molecule has 24 heavy (non-hydrogen) atoms. The van der Waals surface area contributed by atoms with Crippen molar-refractivity contribution in [2.75, 3.05) is 27.7 Å². The molecule has 0 spiro atoms. The number of unbranched alkanes of at least 4 members (excludes halogenated alkanes) is 8. The molecule has 0 amide bonds. The van der Waals surface area contributed by atoms with Crippen LogP contribution in [0.2, 0.25) is 0 Å². The minimum atomic E-state index is -1.30. The summed E-state index contributed by atoms with van der Waals surface area (Å²) in [4.78, 5) is 23.5. The molecule has 5 heteroatoms. The van der Waals surface area contributed by atoms with Crippen LogP contribution in [-0.2, 0) is 9.59 Å². The van der Waals surface area contributed by atoms with Gasteiger partial charge < -0.3 is 14.7 Å². The van der Waals surface area contributed by atoms with Gasteiger partial charge >= 0.3 is 5.97 Å². The van der Waals surface area contributed by atoms with Crippen LogP contribution in [0.4, 0.5) is 0 Å². The number of Topliss-reactive ketones (excluding diaryl/α,β-unsaturated/α-hetero) is 1. The van der Waals surface area contributed by atoms with Crippen LogP contribution in [0.5, 0.6) is 0 Å². The Morgan fingerprint density at radius 2 is 1.33 bits per heavy atom. The van der Waals surface area contributed by atoms with E-state index in [0.717, 1.165) is 12.8 Å². The summed E-state index contributed by atoms with van der Waals surface area (Å²) in [6.45, 7) is 2.46. The number of ketones is 1. The Balaban J connectivity index is 4.02. The number of carbonyl (C=O) groups is 2. The average molecular weight is 345 g/mol. The first kappa shape index (κ1) is 23.1. The van der Waals surface area contributed by atoms with Crippen LogP contribution in [-0.4, -0.2) is 60.2 Å². The lowest BCUT2D eigenvalue weighted by molar-refractivity contribution is -0.873. The highest BCUT2D eigenvalue weighted by Gasteiger charge is 2.36. The Bertz CT molecular complexity index is 363. The first-order chi connectivity index (χ1) is 11.2. The number of likely N-dealkylation sites (N-methyl/N-ethyl adjacent to an activating group) is 1. The lowest BCUT2D eigenvalue weighted by atomic mass is 9.93. The van der Waals surface area contributed by atoms with E-state index in [-0.39, 0.29) is 18.7 Å². The summed E-state index contributed by atoms with van der Waals surface area (Å²) in [7, 11) is 5.60. The van der Waals surface area contributed by atoms with Gasteiger partial charge in [0.15, 0.2) is 0 Å². The van der Waals surface area contributed by atoms with Crippen molar-refractivity contribution in [2.45, 2.75) is 77.2 Å². The Hall–Kier alpha value is -0.940. The fraction of sp³-hybridized carbons (Fsp3) is 0.895. The predicted molar refractivity (Wildman–Crippen MR) is 96.9 cm³/mol. The van der Waals surface area contributed by atoms with Crippen LogP contribution >= 0.6 is 0 Å². The summed E-state index contributed by atoms with van der Waals surface area (Å²) in [6.07, 6.45) is 9.47. The zero-order valence-electron chi connectivity index (χ0n) is 16.1. The molecule has 0 fully saturated rings. The minimum absolute atomic E-state index is 0.250. The summed E-state index contributed by atoms with van der Waals surface area (Å²) >= 11 is 0. The molecule has 142 valence electrons. The Morgan fingerprint density at radius 3 is 1.75 bits per heavy atom. The SMILES string of the molecule is CCCCCCCCCCCC(=O)C(C(=O)O)C(O)C[N+](C)(C)C. The van der Waals surface area contributed by atoms with Gasteiger partial charge in [-0.2, -0.15) is 0 Å². The molecule has 2 unspecified atom stereocenters. The lowest BCUT2D eigenvalue weighted by Gasteiger charge is -2.28. The van der Waals surface area contributed by atoms with Crippen molar-refractivity contribution in [1.29, 1.82) is 0 Å². The quantitative estimate of drug-likeness (QED) is 0.272. The molecule has 0 aromatic rings. The second-order valence-electron chi connectivity index (χ2n) is 7.90. The van der Waals surface area contributed by atoms with Gasteiger partial charge in [0.25, 0.3) is 0 Å². The monoisotopic (exact) mass is 344 g/mol. The van der Waals surface area contributed by atoms with Gasteiger partial charge in [-0.1, -0.05) is 58.3 Å². The van der Waals surface area contributed by atoms with E-state index >= 15 is 0 Å². The predicted octanol–water partition coefficient (Wildman–Crippen LogP) is 3.24. The van der Waals surface area contributed by atoms with Crippen molar-refractivity contribution in [3.05, 3.63) is 0 Å². The van der Waals surface area contributed by atoms with E-state index in [1.54, 1.807) is 0 Å². The topological polar surface area (TPSA) is 74.6 Å². The fourth-order valence-corrected chi connectivity index (χ4v) is 2.95. The number of nitrogens with zero attached hydrogens (tertiary/aromatic N) is 1. The summed E-state index contributed by atoms with van der Waals surface area (Å²) in [5.41, 5.74) is 0. The maximum Gasteiger partial charge on any atom is 0.316 e. The van der Waals surface area contributed by atoms with Gasteiger partial charge in [0.1, 0.15) is 24.3 Å². The molecule has 0 aromatic carbocycles. The van der Waals surface area contributed by atoms with E-state index in [4.69, 9.17) is 0 Å². The van der Waals surface area contributed by atoms with E-state index < -0.39 is 18.0 Å². The third-order valence-corrected chi connectivity index (χ3v) is 4.26. The summed E-state index contributed by atoms with van der Waals surface area (Å²) in [6, 6.07) is 0. The number of hydrogen-bond donors (Lipinski definition) is 2. The van der Waals surface area contributed by atoms with Crippen LogP contribution in [0.3, 0.4) is 0 Å². The van der Waals surface area contributed by atoms with Crippen molar-refractivity contribution in [3.8, 4) is 0 Å². The van der Waals surface area contributed by atoms with E-state index in [9.17, 15) is 19.8 Å². The van der Waals surface area contributed by atoms with Gasteiger partial charge in [0.2, 0.25) is 0 Å². The third kappa shape index (κ3) is 11.6. The highest BCUT2D eigenvalue weighted by atomic mass is 16.4. The molecule has 0 rings (SSSR count). The Kier molecular flexibility index (Phi) is 11.9. The normalized spacial score (nSPS) is 14.4. The summed E-state index contributed by atoms with van der Waals surface area (Å²) in [5, 5.41) is 19.4. The first-order valence-electron chi connectivity index (χ1n) is 9.43. The highest BCUT2D eigenvalue weighted by molar-refractivity contribution is 5.98. The molecule has 5 nitrogen and oxygen atoms in total. The maximum atomic E-state index is 12.2. The first-order valence-corrected chi connectivity index (χ1v) is 9.43. The number of rotatable bonds is 15. The summed E-state index contributed by atoms with van der Waals surface area (Å²) in [5.74, 6) is -2.85. The summed E-state index contributed by atoms with van der Waals surface area (Å²) < 4.78 is 0.427. The van der Waals surface area contributed by atoms with Crippen molar-refractivity contribution in [1.82, 2.24) is 0 Å². The second-order valence-corrected chi connectivity index (χ2v) is 7.90. The molecule has 0 aliphatic carbocycles. The van der Waals surface area contributed by atoms with Crippen LogP contribution < -0.4 is 0 Å². The minimum Gasteiger partial charge on any atom is -0.481 e. The molecular formula is C19H38NO4+. The van der Waals surface area contributed by atoms with Gasteiger partial charge in [-0.25, -0.2) is 0 Å². The molecule has 0 aliphatic rings. The molecular weight excluding hydrogens is 306 g/mol. The molecule has 0 saturated carbocycles. The molecule has 0 saturated heterocycles. The van der Waals surface area contributed by atoms with Crippen LogP contribution in [0.25, 0.3) is 0 Å². The molecule has 2 N–H and O–H groups in total. The van der Waals surface area contributed by atoms with Crippen LogP contribution in [0.15, 0.2) is 0 Å². The zero-order chi connectivity index (χ0) is 18.6. The van der Waals surface area contributed by atoms with Gasteiger partial charge in [0.05, 0.1) is 21.1 Å². The van der Waals surface area contributed by atoms with Crippen LogP contribution in [0.1, 0.15) is 71.1 Å². The Labute approximate surface area is 147 Å². The van der Waals surface area contributed by atoms with Crippen molar-refractivity contribution >= 4 is 11.8 Å². The van der Waals surface area contributed by atoms with Gasteiger partial charge in [-0.05, 0) is 6.42 Å². The van der Waals surface area contributed by atoms with Crippen LogP contribution in [0, 0.1) is 5.92 Å². The lowest BCUT2D eigenvalue weighted by Crippen LogP contribution is -2.47. The molecule has 0 aromatic heterocycles. The van der Waals surface area contributed by atoms with E-state index in [1.165, 1.54) is 38.5 Å². The molecule has 0 aliphatic heterocycles. The third-order valence-electron chi connectivity index (χ3n) is 4.26. The number of quaternary nitrogens is 1. The van der Waals surface area contributed by atoms with E-state index in [1.807, 2.05) is 21.1 Å². The number of hydrogen-bond acceptors (Lipinski definition) is 3. The number of aliphatic hydroxyl groups is 1. The van der Waals surface area contributed by atoms with Crippen molar-refractivity contribution in [2.24, 2.45) is 5.92 Å². The smallest absolute Gasteiger partial charge is 0.316 e. The zero-order valence-corrected chi connectivity index (χ0v) is 16.1. The Morgan fingerprint density at radius 1 is 0.875 bits per heavy atom. The molecule has 0 radical (unpaired) electrons. The highest BCUT2D eigenvalue weighted by Crippen LogP contribution is 2.15. The van der Waals surface area contributed by atoms with Gasteiger partial charge in [-0.15, -0.1) is 0 Å². The standard InChI is InChI=1S/C19H37NO4/c1-5-6-7-8-9-10-11-12-13-14-16(21)18(19(23)24)17(22)15-20(2,3)4/h17-18,22H,5-15H2,1-4H3/p+1.